The van der Waals surface area contributed by atoms with Crippen LogP contribution in [0.25, 0.3) is 21.9 Å². The van der Waals surface area contributed by atoms with Crippen LogP contribution in [0.2, 0.25) is 0 Å². The van der Waals surface area contributed by atoms with Crippen molar-refractivity contribution in [2.75, 3.05) is 6.61 Å². The van der Waals surface area contributed by atoms with E-state index in [1.54, 1.807) is 11.3 Å². The number of rotatable bonds is 4. The maximum absolute atomic E-state index is 8.99. The lowest BCUT2D eigenvalue weighted by atomic mass is 10.1. The molecule has 0 bridgehead atoms. The summed E-state index contributed by atoms with van der Waals surface area (Å²) in [5.41, 5.74) is 2.98. The fourth-order valence-corrected chi connectivity index (χ4v) is 2.84. The van der Waals surface area contributed by atoms with Gasteiger partial charge >= 0.3 is 0 Å². The molecule has 0 aliphatic carbocycles. The normalized spacial score (nSPS) is 10.9. The van der Waals surface area contributed by atoms with E-state index in [4.69, 9.17) is 9.52 Å². The van der Waals surface area contributed by atoms with E-state index < -0.39 is 0 Å². The molecule has 0 radical (unpaired) electrons. The van der Waals surface area contributed by atoms with Gasteiger partial charge in [0.25, 0.3) is 0 Å². The second kappa shape index (κ2) is 5.61. The number of aliphatic hydroxyl groups is 1. The maximum Gasteiger partial charge on any atom is 0.226 e. The summed E-state index contributed by atoms with van der Waals surface area (Å²) in [6.45, 7) is 1.96. The molecule has 4 heteroatoms. The average Bonchev–Trinajstić information content (AvgIpc) is 3.10. The summed E-state index contributed by atoms with van der Waals surface area (Å²) in [6, 6.07) is 12.3. The monoisotopic (exact) mass is 285 g/mol. The van der Waals surface area contributed by atoms with Crippen molar-refractivity contribution in [1.29, 1.82) is 0 Å². The number of oxazole rings is 1. The first kappa shape index (κ1) is 13.1. The molecule has 3 aromatic rings. The van der Waals surface area contributed by atoms with Crippen molar-refractivity contribution in [3.8, 4) is 21.9 Å². The number of aliphatic hydroxyl groups excluding tert-OH is 1. The summed E-state index contributed by atoms with van der Waals surface area (Å²) in [7, 11) is 0. The van der Waals surface area contributed by atoms with Gasteiger partial charge in [-0.1, -0.05) is 18.2 Å². The predicted octanol–water partition coefficient (Wildman–Crippen LogP) is 3.91. The van der Waals surface area contributed by atoms with Gasteiger partial charge in [-0.3, -0.25) is 0 Å². The van der Waals surface area contributed by atoms with E-state index in [1.165, 1.54) is 10.4 Å². The molecule has 0 saturated heterocycles. The van der Waals surface area contributed by atoms with Gasteiger partial charge < -0.3 is 9.52 Å². The number of aryl methyl sites for hydroxylation is 1. The highest BCUT2D eigenvalue weighted by molar-refractivity contribution is 7.13. The smallest absolute Gasteiger partial charge is 0.226 e. The van der Waals surface area contributed by atoms with Crippen LogP contribution >= 0.6 is 11.3 Å². The van der Waals surface area contributed by atoms with Crippen molar-refractivity contribution in [2.24, 2.45) is 0 Å². The molecule has 20 heavy (non-hydrogen) atoms. The Morgan fingerprint density at radius 1 is 1.15 bits per heavy atom. The number of hydrogen-bond donors (Lipinski definition) is 1. The minimum atomic E-state index is 0.0874. The van der Waals surface area contributed by atoms with Gasteiger partial charge in [-0.25, -0.2) is 4.98 Å². The van der Waals surface area contributed by atoms with Crippen LogP contribution in [-0.4, -0.2) is 16.7 Å². The molecule has 0 amide bonds. The summed E-state index contributed by atoms with van der Waals surface area (Å²) in [4.78, 5) is 5.69. The van der Waals surface area contributed by atoms with Crippen LogP contribution in [0.4, 0.5) is 0 Å². The Hall–Kier alpha value is -1.91. The molecule has 0 saturated carbocycles. The Morgan fingerprint density at radius 3 is 2.55 bits per heavy atom. The van der Waals surface area contributed by atoms with Crippen LogP contribution in [-0.2, 0) is 6.42 Å². The average molecular weight is 285 g/mol. The molecule has 3 rings (SSSR count). The van der Waals surface area contributed by atoms with Crippen LogP contribution in [0.5, 0.6) is 0 Å². The fourth-order valence-electron chi connectivity index (χ4n) is 2.11. The van der Waals surface area contributed by atoms with Gasteiger partial charge in [-0.15, -0.1) is 11.3 Å². The standard InChI is InChI=1S/C16H15NO2S/c1-11-14(8-9-18)17-16(19-11)13-6-4-12(5-7-13)15-3-2-10-20-15/h2-7,10,18H,8-9H2,1H3. The van der Waals surface area contributed by atoms with E-state index in [0.717, 1.165) is 17.0 Å². The summed E-state index contributed by atoms with van der Waals surface area (Å²) in [5, 5.41) is 11.1. The number of benzene rings is 1. The van der Waals surface area contributed by atoms with Gasteiger partial charge in [0.2, 0.25) is 5.89 Å². The zero-order valence-corrected chi connectivity index (χ0v) is 12.0. The van der Waals surface area contributed by atoms with E-state index in [-0.39, 0.29) is 6.61 Å². The van der Waals surface area contributed by atoms with Gasteiger partial charge in [0.05, 0.1) is 5.69 Å². The zero-order chi connectivity index (χ0) is 13.9. The Balaban J connectivity index is 1.89. The lowest BCUT2D eigenvalue weighted by Gasteiger charge is -1.99. The third-order valence-electron chi connectivity index (χ3n) is 3.18. The zero-order valence-electron chi connectivity index (χ0n) is 11.2. The van der Waals surface area contributed by atoms with E-state index in [2.05, 4.69) is 28.6 Å². The molecule has 102 valence electrons. The number of aromatic nitrogens is 1. The van der Waals surface area contributed by atoms with Gasteiger partial charge in [0, 0.05) is 23.5 Å². The van der Waals surface area contributed by atoms with Gasteiger partial charge in [0.1, 0.15) is 5.76 Å². The van der Waals surface area contributed by atoms with E-state index >= 15 is 0 Å². The third-order valence-corrected chi connectivity index (χ3v) is 4.10. The Bertz CT molecular complexity index is 684. The summed E-state index contributed by atoms with van der Waals surface area (Å²) >= 11 is 1.72. The van der Waals surface area contributed by atoms with E-state index in [1.807, 2.05) is 25.1 Å². The molecule has 0 unspecified atom stereocenters. The van der Waals surface area contributed by atoms with Crippen LogP contribution in [0, 0.1) is 6.92 Å². The van der Waals surface area contributed by atoms with Crippen molar-refractivity contribution in [2.45, 2.75) is 13.3 Å². The molecular weight excluding hydrogens is 270 g/mol. The largest absolute Gasteiger partial charge is 0.441 e. The molecule has 3 nitrogen and oxygen atoms in total. The number of nitrogens with zero attached hydrogens (tertiary/aromatic N) is 1. The molecule has 0 aliphatic rings. The Morgan fingerprint density at radius 2 is 1.90 bits per heavy atom. The van der Waals surface area contributed by atoms with Crippen molar-refractivity contribution in [3.63, 3.8) is 0 Å². The van der Waals surface area contributed by atoms with E-state index in [9.17, 15) is 0 Å². The molecular formula is C16H15NO2S. The third kappa shape index (κ3) is 2.53. The lowest BCUT2D eigenvalue weighted by molar-refractivity contribution is 0.297. The first-order valence-electron chi connectivity index (χ1n) is 6.49. The topological polar surface area (TPSA) is 46.3 Å². The highest BCUT2D eigenvalue weighted by Gasteiger charge is 2.11. The minimum absolute atomic E-state index is 0.0874. The number of thiophene rings is 1. The SMILES string of the molecule is Cc1oc(-c2ccc(-c3cccs3)cc2)nc1CCO. The minimum Gasteiger partial charge on any atom is -0.441 e. The second-order valence-corrected chi connectivity index (χ2v) is 5.50. The molecule has 2 aromatic heterocycles. The van der Waals surface area contributed by atoms with Crippen LogP contribution in [0.15, 0.2) is 46.2 Å². The summed E-state index contributed by atoms with van der Waals surface area (Å²) < 4.78 is 5.66. The van der Waals surface area contributed by atoms with Crippen molar-refractivity contribution in [3.05, 3.63) is 53.2 Å². The van der Waals surface area contributed by atoms with Crippen LogP contribution < -0.4 is 0 Å². The predicted molar refractivity (Wildman–Crippen MR) is 80.8 cm³/mol. The molecule has 0 fully saturated rings. The van der Waals surface area contributed by atoms with Gasteiger partial charge in [-0.2, -0.15) is 0 Å². The molecule has 2 heterocycles. The van der Waals surface area contributed by atoms with Gasteiger partial charge in [-0.05, 0) is 36.1 Å². The molecule has 0 atom stereocenters. The maximum atomic E-state index is 8.99. The van der Waals surface area contributed by atoms with Crippen molar-refractivity contribution in [1.82, 2.24) is 4.98 Å². The molecule has 0 aliphatic heterocycles. The van der Waals surface area contributed by atoms with E-state index in [0.29, 0.717) is 12.3 Å². The lowest BCUT2D eigenvalue weighted by Crippen LogP contribution is -1.92. The van der Waals surface area contributed by atoms with Gasteiger partial charge in [0.15, 0.2) is 0 Å². The van der Waals surface area contributed by atoms with Crippen molar-refractivity contribution < 1.29 is 9.52 Å². The molecule has 1 aromatic carbocycles. The van der Waals surface area contributed by atoms with Crippen LogP contribution in [0.3, 0.4) is 0 Å². The molecule has 0 spiro atoms. The quantitative estimate of drug-likeness (QED) is 0.790. The van der Waals surface area contributed by atoms with Crippen molar-refractivity contribution >= 4 is 11.3 Å². The Kier molecular flexibility index (Phi) is 3.67. The summed E-state index contributed by atoms with van der Waals surface area (Å²) in [6.07, 6.45) is 0.530. The highest BCUT2D eigenvalue weighted by atomic mass is 32.1. The fraction of sp³-hybridized carbons (Fsp3) is 0.188. The first-order chi connectivity index (χ1) is 9.78. The second-order valence-electron chi connectivity index (χ2n) is 4.55. The summed E-state index contributed by atoms with van der Waals surface area (Å²) in [5.74, 6) is 1.39. The first-order valence-corrected chi connectivity index (χ1v) is 7.37. The highest BCUT2D eigenvalue weighted by Crippen LogP contribution is 2.28. The Labute approximate surface area is 121 Å². The van der Waals surface area contributed by atoms with Crippen LogP contribution in [0.1, 0.15) is 11.5 Å². The number of hydrogen-bond acceptors (Lipinski definition) is 4. The molecule has 1 N–H and O–H groups in total.